The number of benzene rings is 1. The lowest BCUT2D eigenvalue weighted by atomic mass is 9.95. The number of hydrogen-bond acceptors (Lipinski definition) is 3. The van der Waals surface area contributed by atoms with Crippen LogP contribution in [0.25, 0.3) is 0 Å². The van der Waals surface area contributed by atoms with Gasteiger partial charge in [0.05, 0.1) is 0 Å². The van der Waals surface area contributed by atoms with Crippen LogP contribution in [-0.2, 0) is 16.0 Å². The van der Waals surface area contributed by atoms with Crippen molar-refractivity contribution in [2.24, 2.45) is 0 Å². The van der Waals surface area contributed by atoms with E-state index in [-0.39, 0.29) is 6.04 Å². The smallest absolute Gasteiger partial charge is 0.309 e. The summed E-state index contributed by atoms with van der Waals surface area (Å²) in [5.74, 6) is -1.03. The lowest BCUT2D eigenvalue weighted by Gasteiger charge is -2.22. The molecule has 0 bridgehead atoms. The largest absolute Gasteiger partial charge is 0.378 e. The third kappa shape index (κ3) is 5.58. The first-order chi connectivity index (χ1) is 11.1. The van der Waals surface area contributed by atoms with E-state index < -0.39 is 11.8 Å². The Morgan fingerprint density at radius 2 is 1.70 bits per heavy atom. The van der Waals surface area contributed by atoms with Gasteiger partial charge in [-0.15, -0.1) is 0 Å². The second kappa shape index (κ2) is 8.56. The molecule has 2 amide bonds. The predicted molar refractivity (Wildman–Crippen MR) is 92.5 cm³/mol. The van der Waals surface area contributed by atoms with Crippen molar-refractivity contribution in [2.45, 2.75) is 44.6 Å². The van der Waals surface area contributed by atoms with Gasteiger partial charge in [-0.1, -0.05) is 31.4 Å². The second-order valence-electron chi connectivity index (χ2n) is 6.38. The number of nitrogens with zero attached hydrogens (tertiary/aromatic N) is 1. The maximum absolute atomic E-state index is 11.8. The van der Waals surface area contributed by atoms with E-state index in [1.807, 2.05) is 43.3 Å². The zero-order valence-corrected chi connectivity index (χ0v) is 14.1. The normalized spacial score (nSPS) is 15.0. The van der Waals surface area contributed by atoms with Gasteiger partial charge < -0.3 is 15.5 Å². The van der Waals surface area contributed by atoms with E-state index in [4.69, 9.17) is 0 Å². The Balaban J connectivity index is 1.70. The minimum Gasteiger partial charge on any atom is -0.378 e. The second-order valence-corrected chi connectivity index (χ2v) is 6.38. The van der Waals surface area contributed by atoms with Crippen LogP contribution in [0.15, 0.2) is 24.3 Å². The Morgan fingerprint density at radius 3 is 2.30 bits per heavy atom. The van der Waals surface area contributed by atoms with Crippen LogP contribution in [0.5, 0.6) is 0 Å². The number of carbonyl (C=O) groups excluding carboxylic acids is 2. The van der Waals surface area contributed by atoms with Crippen LogP contribution >= 0.6 is 0 Å². The molecule has 5 nitrogen and oxygen atoms in total. The summed E-state index contributed by atoms with van der Waals surface area (Å²) in [6, 6.07) is 8.35. The van der Waals surface area contributed by atoms with E-state index in [1.165, 1.54) is 6.42 Å². The van der Waals surface area contributed by atoms with Gasteiger partial charge in [0.2, 0.25) is 0 Å². The first kappa shape index (κ1) is 17.3. The van der Waals surface area contributed by atoms with Crippen molar-refractivity contribution in [1.29, 1.82) is 0 Å². The Kier molecular flexibility index (Phi) is 6.44. The fourth-order valence-electron chi connectivity index (χ4n) is 2.86. The van der Waals surface area contributed by atoms with Gasteiger partial charge in [-0.2, -0.15) is 0 Å². The Morgan fingerprint density at radius 1 is 1.04 bits per heavy atom. The number of carbonyl (C=O) groups is 2. The van der Waals surface area contributed by atoms with Crippen molar-refractivity contribution in [2.75, 3.05) is 25.5 Å². The highest BCUT2D eigenvalue weighted by atomic mass is 16.2. The van der Waals surface area contributed by atoms with Gasteiger partial charge in [0.25, 0.3) is 0 Å². The molecule has 0 atom stereocenters. The molecule has 0 heterocycles. The molecule has 2 rings (SSSR count). The molecule has 1 aromatic rings. The van der Waals surface area contributed by atoms with Gasteiger partial charge in [-0.05, 0) is 37.0 Å². The molecule has 1 aromatic carbocycles. The molecule has 0 saturated heterocycles. The molecular weight excluding hydrogens is 290 g/mol. The number of hydrogen-bond donors (Lipinski definition) is 2. The highest BCUT2D eigenvalue weighted by molar-refractivity contribution is 6.35. The molecule has 126 valence electrons. The molecule has 1 saturated carbocycles. The number of rotatable bonds is 5. The first-order valence-electron chi connectivity index (χ1n) is 8.41. The molecule has 1 fully saturated rings. The van der Waals surface area contributed by atoms with Gasteiger partial charge in [0.15, 0.2) is 0 Å². The molecule has 1 aliphatic rings. The summed E-state index contributed by atoms with van der Waals surface area (Å²) in [6.07, 6.45) is 6.18. The standard InChI is InChI=1S/C18H27N3O2/c1-21(2)16-10-8-14(9-11-16)12-13-19-17(22)18(23)20-15-6-4-3-5-7-15/h8-11,15H,3-7,12-13H2,1-2H3,(H,19,22)(H,20,23). The molecule has 0 unspecified atom stereocenters. The van der Waals surface area contributed by atoms with Gasteiger partial charge in [0.1, 0.15) is 0 Å². The summed E-state index contributed by atoms with van der Waals surface area (Å²) in [4.78, 5) is 25.7. The molecule has 1 aliphatic carbocycles. The third-order valence-electron chi connectivity index (χ3n) is 4.30. The average molecular weight is 317 g/mol. The quantitative estimate of drug-likeness (QED) is 0.815. The fourth-order valence-corrected chi connectivity index (χ4v) is 2.86. The van der Waals surface area contributed by atoms with Crippen LogP contribution in [0, 0.1) is 0 Å². The van der Waals surface area contributed by atoms with Crippen LogP contribution in [0.2, 0.25) is 0 Å². The zero-order chi connectivity index (χ0) is 16.7. The Labute approximate surface area is 138 Å². The van der Waals surface area contributed by atoms with Crippen LogP contribution in [0.3, 0.4) is 0 Å². The molecule has 0 aliphatic heterocycles. The van der Waals surface area contributed by atoms with E-state index in [2.05, 4.69) is 10.6 Å². The molecule has 5 heteroatoms. The van der Waals surface area contributed by atoms with Crippen molar-refractivity contribution >= 4 is 17.5 Å². The highest BCUT2D eigenvalue weighted by Gasteiger charge is 2.19. The van der Waals surface area contributed by atoms with Crippen molar-refractivity contribution in [1.82, 2.24) is 10.6 Å². The monoisotopic (exact) mass is 317 g/mol. The Hall–Kier alpha value is -2.04. The van der Waals surface area contributed by atoms with Gasteiger partial charge in [-0.25, -0.2) is 0 Å². The first-order valence-corrected chi connectivity index (χ1v) is 8.41. The third-order valence-corrected chi connectivity index (χ3v) is 4.30. The van der Waals surface area contributed by atoms with Crippen LogP contribution in [-0.4, -0.2) is 38.5 Å². The van der Waals surface area contributed by atoms with E-state index in [9.17, 15) is 9.59 Å². The maximum atomic E-state index is 11.8. The van der Waals surface area contributed by atoms with Crippen LogP contribution in [0.1, 0.15) is 37.7 Å². The summed E-state index contributed by atoms with van der Waals surface area (Å²) in [5, 5.41) is 5.53. The zero-order valence-electron chi connectivity index (χ0n) is 14.1. The van der Waals surface area contributed by atoms with Gasteiger partial charge in [0, 0.05) is 32.4 Å². The summed E-state index contributed by atoms with van der Waals surface area (Å²) in [7, 11) is 4.00. The maximum Gasteiger partial charge on any atom is 0.309 e. The molecule has 2 N–H and O–H groups in total. The minimum atomic E-state index is -0.527. The van der Waals surface area contributed by atoms with Crippen molar-refractivity contribution in [3.05, 3.63) is 29.8 Å². The van der Waals surface area contributed by atoms with E-state index in [1.54, 1.807) is 0 Å². The van der Waals surface area contributed by atoms with Gasteiger partial charge >= 0.3 is 11.8 Å². The molecule has 0 aromatic heterocycles. The van der Waals surface area contributed by atoms with Crippen LogP contribution in [0.4, 0.5) is 5.69 Å². The van der Waals surface area contributed by atoms with E-state index in [0.29, 0.717) is 6.54 Å². The fraction of sp³-hybridized carbons (Fsp3) is 0.556. The average Bonchev–Trinajstić information content (AvgIpc) is 2.56. The predicted octanol–water partition coefficient (Wildman–Crippen LogP) is 1.86. The topological polar surface area (TPSA) is 61.4 Å². The van der Waals surface area contributed by atoms with Crippen molar-refractivity contribution in [3.63, 3.8) is 0 Å². The lowest BCUT2D eigenvalue weighted by Crippen LogP contribution is -2.45. The molecular formula is C18H27N3O2. The number of anilines is 1. The summed E-state index contributed by atoms with van der Waals surface area (Å²) in [6.45, 7) is 0.470. The number of nitrogens with one attached hydrogen (secondary N) is 2. The van der Waals surface area contributed by atoms with Crippen LogP contribution < -0.4 is 15.5 Å². The van der Waals surface area contributed by atoms with E-state index in [0.717, 1.165) is 43.4 Å². The Bertz CT molecular complexity index is 520. The molecule has 0 spiro atoms. The molecule has 23 heavy (non-hydrogen) atoms. The number of amides is 2. The molecule has 0 radical (unpaired) electrons. The van der Waals surface area contributed by atoms with Crippen molar-refractivity contribution < 1.29 is 9.59 Å². The minimum absolute atomic E-state index is 0.167. The van der Waals surface area contributed by atoms with E-state index >= 15 is 0 Å². The van der Waals surface area contributed by atoms with Gasteiger partial charge in [-0.3, -0.25) is 9.59 Å². The summed E-state index contributed by atoms with van der Waals surface area (Å²) >= 11 is 0. The summed E-state index contributed by atoms with van der Waals surface area (Å²) < 4.78 is 0. The summed E-state index contributed by atoms with van der Waals surface area (Å²) in [5.41, 5.74) is 2.29. The lowest BCUT2D eigenvalue weighted by molar-refractivity contribution is -0.139. The SMILES string of the molecule is CN(C)c1ccc(CCNC(=O)C(=O)NC2CCCCC2)cc1. The van der Waals surface area contributed by atoms with Crippen molar-refractivity contribution in [3.8, 4) is 0 Å². The highest BCUT2D eigenvalue weighted by Crippen LogP contribution is 2.17.